The molecule has 3 N–H and O–H groups in total. The minimum absolute atomic E-state index is 0.0960. The molecule has 3 aromatic carbocycles. The lowest BCUT2D eigenvalue weighted by atomic mass is 9.90. The molecule has 0 aromatic heterocycles. The smallest absolute Gasteiger partial charge is 0.326 e. The number of nitrogens with one attached hydrogen (secondary N) is 2. The van der Waals surface area contributed by atoms with Crippen LogP contribution in [0, 0.1) is 18.2 Å². The third-order valence-electron chi connectivity index (χ3n) is 6.35. The number of carboxylic acid groups (broad SMARTS) is 1. The van der Waals surface area contributed by atoms with E-state index in [0.29, 0.717) is 47.5 Å². The van der Waals surface area contributed by atoms with Crippen LogP contribution in [0.25, 0.3) is 16.0 Å². The van der Waals surface area contributed by atoms with Crippen LogP contribution in [0.4, 0.5) is 20.2 Å². The first kappa shape index (κ1) is 29.1. The molecule has 0 radical (unpaired) electrons. The summed E-state index contributed by atoms with van der Waals surface area (Å²) in [5, 5.41) is 15.5. The van der Waals surface area contributed by atoms with Gasteiger partial charge >= 0.3 is 5.97 Å². The van der Waals surface area contributed by atoms with E-state index in [4.69, 9.17) is 34.5 Å². The molecule has 0 spiro atoms. The first-order valence-electron chi connectivity index (χ1n) is 12.4. The molecular formula is C29H25Cl2F2N3O4. The molecule has 4 rings (SSSR count). The number of halogens is 4. The van der Waals surface area contributed by atoms with Crippen LogP contribution in [-0.2, 0) is 17.6 Å². The van der Waals surface area contributed by atoms with Gasteiger partial charge in [0, 0.05) is 39.3 Å². The number of carbonyl (C=O) groups is 2. The molecule has 1 heterocycles. The topological polar surface area (TPSA) is 92.0 Å². The Kier molecular flexibility index (Phi) is 8.82. The summed E-state index contributed by atoms with van der Waals surface area (Å²) in [5.41, 5.74) is 1.93. The van der Waals surface area contributed by atoms with Gasteiger partial charge in [-0.25, -0.2) is 18.4 Å². The SMILES string of the molecule is [C-]#[N+]c1cc(Cl)c(-c2ccc(C[C@H](NC(=O)c3c(F)cc(NC(C)C)cc3F)C(=O)O)c3c2OCCC3)c(Cl)c1. The van der Waals surface area contributed by atoms with E-state index in [9.17, 15) is 23.5 Å². The van der Waals surface area contributed by atoms with Gasteiger partial charge in [0.1, 0.15) is 29.0 Å². The van der Waals surface area contributed by atoms with Gasteiger partial charge in [-0.1, -0.05) is 35.3 Å². The lowest BCUT2D eigenvalue weighted by Gasteiger charge is -2.25. The van der Waals surface area contributed by atoms with Crippen molar-refractivity contribution in [3.05, 3.63) is 86.2 Å². The van der Waals surface area contributed by atoms with E-state index in [1.54, 1.807) is 26.0 Å². The number of ether oxygens (including phenoxy) is 1. The third kappa shape index (κ3) is 6.14. The Labute approximate surface area is 239 Å². The number of aliphatic carboxylic acids is 1. The molecular weight excluding hydrogens is 563 g/mol. The Hall–Kier alpha value is -3.87. The summed E-state index contributed by atoms with van der Waals surface area (Å²) < 4.78 is 35.3. The van der Waals surface area contributed by atoms with Gasteiger partial charge in [-0.15, -0.1) is 0 Å². The minimum atomic E-state index is -1.48. The minimum Gasteiger partial charge on any atom is -0.493 e. The van der Waals surface area contributed by atoms with Crippen molar-refractivity contribution in [2.75, 3.05) is 11.9 Å². The van der Waals surface area contributed by atoms with E-state index in [2.05, 4.69) is 15.5 Å². The van der Waals surface area contributed by atoms with E-state index in [1.807, 2.05) is 0 Å². The first-order valence-corrected chi connectivity index (χ1v) is 13.2. The molecule has 1 atom stereocenters. The Morgan fingerprint density at radius 2 is 1.77 bits per heavy atom. The third-order valence-corrected chi connectivity index (χ3v) is 6.95. The van der Waals surface area contributed by atoms with Crippen LogP contribution in [0.3, 0.4) is 0 Å². The zero-order valence-electron chi connectivity index (χ0n) is 21.6. The van der Waals surface area contributed by atoms with Crippen molar-refractivity contribution < 1.29 is 28.2 Å². The van der Waals surface area contributed by atoms with Crippen molar-refractivity contribution in [2.45, 2.75) is 45.2 Å². The Morgan fingerprint density at radius 3 is 2.35 bits per heavy atom. The van der Waals surface area contributed by atoms with E-state index in [0.717, 1.165) is 12.1 Å². The number of rotatable bonds is 8. The fourth-order valence-electron chi connectivity index (χ4n) is 4.66. The zero-order valence-corrected chi connectivity index (χ0v) is 23.1. The molecule has 1 aliphatic heterocycles. The molecule has 1 amide bonds. The van der Waals surface area contributed by atoms with Crippen LogP contribution in [0.15, 0.2) is 36.4 Å². The predicted molar refractivity (Wildman–Crippen MR) is 150 cm³/mol. The maximum atomic E-state index is 14.7. The molecule has 40 heavy (non-hydrogen) atoms. The molecule has 0 unspecified atom stereocenters. The van der Waals surface area contributed by atoms with Gasteiger partial charge in [-0.2, -0.15) is 0 Å². The lowest BCUT2D eigenvalue weighted by Crippen LogP contribution is -2.43. The summed E-state index contributed by atoms with van der Waals surface area (Å²) in [6.07, 6.45) is 1.06. The van der Waals surface area contributed by atoms with Crippen molar-refractivity contribution in [3.8, 4) is 16.9 Å². The van der Waals surface area contributed by atoms with Crippen LogP contribution in [0.1, 0.15) is 41.8 Å². The second-order valence-electron chi connectivity index (χ2n) is 9.61. The van der Waals surface area contributed by atoms with E-state index in [-0.39, 0.29) is 33.9 Å². The average Bonchev–Trinajstić information content (AvgIpc) is 2.87. The predicted octanol–water partition coefficient (Wildman–Crippen LogP) is 7.06. The number of benzene rings is 3. The van der Waals surface area contributed by atoms with Crippen molar-refractivity contribution in [3.63, 3.8) is 0 Å². The molecule has 0 aliphatic carbocycles. The number of amides is 1. The molecule has 0 bridgehead atoms. The second kappa shape index (κ2) is 12.1. The molecule has 0 saturated heterocycles. The van der Waals surface area contributed by atoms with Gasteiger partial charge in [0.15, 0.2) is 5.69 Å². The van der Waals surface area contributed by atoms with Crippen molar-refractivity contribution in [2.24, 2.45) is 0 Å². The van der Waals surface area contributed by atoms with Gasteiger partial charge in [0.2, 0.25) is 0 Å². The number of nitrogens with zero attached hydrogens (tertiary/aromatic N) is 1. The first-order chi connectivity index (χ1) is 19.0. The van der Waals surface area contributed by atoms with Crippen molar-refractivity contribution in [1.29, 1.82) is 0 Å². The maximum absolute atomic E-state index is 14.7. The Morgan fingerprint density at radius 1 is 1.12 bits per heavy atom. The maximum Gasteiger partial charge on any atom is 0.326 e. The van der Waals surface area contributed by atoms with Crippen molar-refractivity contribution >= 4 is 46.5 Å². The summed E-state index contributed by atoms with van der Waals surface area (Å²) >= 11 is 12.9. The molecule has 7 nitrogen and oxygen atoms in total. The summed E-state index contributed by atoms with van der Waals surface area (Å²) in [6, 6.07) is 6.76. The summed E-state index contributed by atoms with van der Waals surface area (Å²) in [6.45, 7) is 11.2. The van der Waals surface area contributed by atoms with Gasteiger partial charge in [0.25, 0.3) is 5.91 Å². The fraction of sp³-hybridized carbons (Fsp3) is 0.276. The van der Waals surface area contributed by atoms with Crippen LogP contribution >= 0.6 is 23.2 Å². The molecule has 1 aliphatic rings. The highest BCUT2D eigenvalue weighted by molar-refractivity contribution is 6.39. The van der Waals surface area contributed by atoms with Crippen LogP contribution < -0.4 is 15.4 Å². The van der Waals surface area contributed by atoms with Gasteiger partial charge in [-0.05, 0) is 62.1 Å². The zero-order chi connectivity index (χ0) is 29.1. The number of anilines is 1. The molecule has 208 valence electrons. The second-order valence-corrected chi connectivity index (χ2v) is 10.4. The molecule has 11 heteroatoms. The van der Waals surface area contributed by atoms with Gasteiger partial charge in [-0.3, -0.25) is 4.79 Å². The number of fused-ring (bicyclic) bond motifs is 1. The van der Waals surface area contributed by atoms with Crippen LogP contribution in [0.2, 0.25) is 10.0 Å². The molecule has 0 fully saturated rings. The number of hydrogen-bond acceptors (Lipinski definition) is 4. The average molecular weight is 588 g/mol. The van der Waals surface area contributed by atoms with Gasteiger partial charge in [0.05, 0.1) is 13.2 Å². The number of hydrogen-bond donors (Lipinski definition) is 3. The Bertz CT molecular complexity index is 1490. The highest BCUT2D eigenvalue weighted by Crippen LogP contribution is 2.45. The van der Waals surface area contributed by atoms with E-state index in [1.165, 1.54) is 12.1 Å². The highest BCUT2D eigenvalue weighted by atomic mass is 35.5. The molecule has 3 aromatic rings. The van der Waals surface area contributed by atoms with Crippen molar-refractivity contribution in [1.82, 2.24) is 5.32 Å². The highest BCUT2D eigenvalue weighted by Gasteiger charge is 2.29. The quantitative estimate of drug-likeness (QED) is 0.245. The summed E-state index contributed by atoms with van der Waals surface area (Å²) in [4.78, 5) is 28.3. The monoisotopic (exact) mass is 587 g/mol. The van der Waals surface area contributed by atoms with E-state index < -0.39 is 35.1 Å². The van der Waals surface area contributed by atoms with Crippen LogP contribution in [0.5, 0.6) is 5.75 Å². The fourth-order valence-corrected chi connectivity index (χ4v) is 5.34. The lowest BCUT2D eigenvalue weighted by molar-refractivity contribution is -0.139. The number of carbonyl (C=O) groups excluding carboxylic acids is 1. The van der Waals surface area contributed by atoms with E-state index >= 15 is 0 Å². The molecule has 0 saturated carbocycles. The number of carboxylic acids is 1. The largest absolute Gasteiger partial charge is 0.493 e. The summed E-state index contributed by atoms with van der Waals surface area (Å²) in [7, 11) is 0. The van der Waals surface area contributed by atoms with Crippen LogP contribution in [-0.4, -0.2) is 35.7 Å². The standard InChI is InChI=1S/C29H25Cl2F2N3O4/c1-14(2)35-17-12-22(32)26(23(33)13-17)28(37)36-24(29(38)39)9-15-6-7-19(27-18(15)5-4-8-40-27)25-20(30)10-16(34-3)11-21(25)31/h6-7,10-14,24,35H,4-5,8-9H2,1-2H3,(H,36,37)(H,38,39)/t24-/m0/s1. The summed E-state index contributed by atoms with van der Waals surface area (Å²) in [5.74, 6) is -4.30. The Balaban J connectivity index is 1.66. The van der Waals surface area contributed by atoms with Gasteiger partial charge < -0.3 is 20.5 Å². The normalized spacial score (nSPS) is 13.2.